The molecule has 2 aromatic rings. The number of thiocarbonyl (C=S) groups is 1. The van der Waals surface area contributed by atoms with Gasteiger partial charge in [-0.1, -0.05) is 54.6 Å². The van der Waals surface area contributed by atoms with Gasteiger partial charge in [-0.15, -0.1) is 0 Å². The van der Waals surface area contributed by atoms with Crippen LogP contribution in [0.4, 0.5) is 0 Å². The first-order valence-electron chi connectivity index (χ1n) is 6.81. The molecule has 0 aliphatic carbocycles. The van der Waals surface area contributed by atoms with Crippen LogP contribution in [0, 0.1) is 6.92 Å². The third-order valence-corrected chi connectivity index (χ3v) is 3.41. The number of nitrogens with one attached hydrogen (secondary N) is 2. The minimum atomic E-state index is -0.102. The first-order valence-corrected chi connectivity index (χ1v) is 7.22. The van der Waals surface area contributed by atoms with Gasteiger partial charge in [0.25, 0.3) is 0 Å². The molecule has 0 aromatic heterocycles. The van der Waals surface area contributed by atoms with Crippen LogP contribution in [0.5, 0.6) is 0 Å². The third-order valence-electron chi connectivity index (χ3n) is 3.16. The van der Waals surface area contributed by atoms with Gasteiger partial charge >= 0.3 is 0 Å². The Bertz CT molecular complexity index is 626. The Morgan fingerprint density at radius 1 is 1.05 bits per heavy atom. The second kappa shape index (κ2) is 7.55. The summed E-state index contributed by atoms with van der Waals surface area (Å²) >= 11 is 5.14. The van der Waals surface area contributed by atoms with Crippen LogP contribution in [-0.2, 0) is 17.8 Å². The van der Waals surface area contributed by atoms with Gasteiger partial charge in [-0.3, -0.25) is 4.79 Å². The molecule has 0 saturated heterocycles. The number of carbonyl (C=O) groups excluding carboxylic acids is 1. The number of benzene rings is 2. The van der Waals surface area contributed by atoms with E-state index in [9.17, 15) is 4.79 Å². The fraction of sp³-hybridized carbons (Fsp3) is 0.176. The van der Waals surface area contributed by atoms with Crippen molar-refractivity contribution in [1.29, 1.82) is 0 Å². The van der Waals surface area contributed by atoms with Crippen LogP contribution in [0.25, 0.3) is 0 Å². The molecule has 0 spiro atoms. The maximum absolute atomic E-state index is 11.9. The van der Waals surface area contributed by atoms with Crippen molar-refractivity contribution in [2.24, 2.45) is 0 Å². The molecular formula is C17H18N2OS. The van der Waals surface area contributed by atoms with Crippen LogP contribution in [0.3, 0.4) is 0 Å². The van der Waals surface area contributed by atoms with Gasteiger partial charge in [-0.25, -0.2) is 0 Å². The van der Waals surface area contributed by atoms with E-state index in [0.717, 1.165) is 16.7 Å². The van der Waals surface area contributed by atoms with Gasteiger partial charge in [0, 0.05) is 6.54 Å². The van der Waals surface area contributed by atoms with Crippen LogP contribution in [0.2, 0.25) is 0 Å². The lowest BCUT2D eigenvalue weighted by Crippen LogP contribution is -2.39. The van der Waals surface area contributed by atoms with Gasteiger partial charge < -0.3 is 10.6 Å². The van der Waals surface area contributed by atoms with Crippen molar-refractivity contribution in [2.45, 2.75) is 19.9 Å². The van der Waals surface area contributed by atoms with E-state index >= 15 is 0 Å². The molecule has 3 nitrogen and oxygen atoms in total. The smallest absolute Gasteiger partial charge is 0.230 e. The maximum Gasteiger partial charge on any atom is 0.230 e. The van der Waals surface area contributed by atoms with E-state index in [1.54, 1.807) is 0 Å². The van der Waals surface area contributed by atoms with Crippen LogP contribution in [0.15, 0.2) is 54.6 Å². The Balaban J connectivity index is 1.80. The molecule has 0 fully saturated rings. The first kappa shape index (κ1) is 15.2. The largest absolute Gasteiger partial charge is 0.358 e. The van der Waals surface area contributed by atoms with Crippen LogP contribution in [-0.4, -0.2) is 11.0 Å². The van der Waals surface area contributed by atoms with Crippen molar-refractivity contribution in [1.82, 2.24) is 10.6 Å². The minimum absolute atomic E-state index is 0.102. The molecule has 0 bridgehead atoms. The summed E-state index contributed by atoms with van der Waals surface area (Å²) in [6, 6.07) is 17.8. The molecule has 1 amide bonds. The van der Waals surface area contributed by atoms with Crippen LogP contribution >= 0.6 is 12.2 Å². The zero-order valence-corrected chi connectivity index (χ0v) is 12.7. The molecule has 0 unspecified atom stereocenters. The molecule has 0 radical (unpaired) electrons. The highest BCUT2D eigenvalue weighted by atomic mass is 32.1. The molecule has 21 heavy (non-hydrogen) atoms. The highest BCUT2D eigenvalue weighted by Crippen LogP contribution is 2.07. The quantitative estimate of drug-likeness (QED) is 0.853. The van der Waals surface area contributed by atoms with E-state index in [0.29, 0.717) is 18.1 Å². The highest BCUT2D eigenvalue weighted by Gasteiger charge is 2.07. The van der Waals surface area contributed by atoms with E-state index in [2.05, 4.69) is 10.6 Å². The fourth-order valence-electron chi connectivity index (χ4n) is 1.97. The lowest BCUT2D eigenvalue weighted by atomic mass is 10.1. The summed E-state index contributed by atoms with van der Waals surface area (Å²) in [6.45, 7) is 2.60. The Morgan fingerprint density at radius 2 is 1.71 bits per heavy atom. The molecular weight excluding hydrogens is 280 g/mol. The van der Waals surface area contributed by atoms with Gasteiger partial charge in [0.05, 0.1) is 6.42 Å². The zero-order valence-electron chi connectivity index (χ0n) is 11.9. The Labute approximate surface area is 130 Å². The van der Waals surface area contributed by atoms with Crippen molar-refractivity contribution < 1.29 is 4.79 Å². The summed E-state index contributed by atoms with van der Waals surface area (Å²) < 4.78 is 0. The van der Waals surface area contributed by atoms with Crippen LogP contribution in [0.1, 0.15) is 16.7 Å². The number of hydrogen-bond donors (Lipinski definition) is 2. The van der Waals surface area contributed by atoms with Crippen molar-refractivity contribution >= 4 is 23.2 Å². The van der Waals surface area contributed by atoms with Crippen molar-refractivity contribution in [3.8, 4) is 0 Å². The van der Waals surface area contributed by atoms with E-state index in [4.69, 9.17) is 12.2 Å². The summed E-state index contributed by atoms with van der Waals surface area (Å²) in [5.74, 6) is -0.102. The maximum atomic E-state index is 11.9. The third kappa shape index (κ3) is 5.00. The SMILES string of the molecule is Cc1ccccc1CC(=O)NC(=S)NCc1ccccc1. The van der Waals surface area contributed by atoms with Crippen molar-refractivity contribution in [2.75, 3.05) is 0 Å². The zero-order chi connectivity index (χ0) is 15.1. The minimum Gasteiger partial charge on any atom is -0.358 e. The van der Waals surface area contributed by atoms with E-state index in [-0.39, 0.29) is 5.91 Å². The molecule has 2 aromatic carbocycles. The highest BCUT2D eigenvalue weighted by molar-refractivity contribution is 7.80. The van der Waals surface area contributed by atoms with E-state index < -0.39 is 0 Å². The number of aryl methyl sites for hydroxylation is 1. The average molecular weight is 298 g/mol. The van der Waals surface area contributed by atoms with Crippen molar-refractivity contribution in [3.63, 3.8) is 0 Å². The predicted molar refractivity (Wildman–Crippen MR) is 88.9 cm³/mol. The molecule has 0 atom stereocenters. The molecule has 0 heterocycles. The molecule has 108 valence electrons. The predicted octanol–water partition coefficient (Wildman–Crippen LogP) is 2.73. The van der Waals surface area contributed by atoms with E-state index in [1.807, 2.05) is 61.5 Å². The summed E-state index contributed by atoms with van der Waals surface area (Å²) in [5.41, 5.74) is 3.24. The lowest BCUT2D eigenvalue weighted by molar-refractivity contribution is -0.119. The van der Waals surface area contributed by atoms with Crippen LogP contribution < -0.4 is 10.6 Å². The monoisotopic (exact) mass is 298 g/mol. The number of rotatable bonds is 4. The Hall–Kier alpha value is -2.20. The molecule has 2 rings (SSSR count). The summed E-state index contributed by atoms with van der Waals surface area (Å²) in [6.07, 6.45) is 0.333. The molecule has 4 heteroatoms. The Kier molecular flexibility index (Phi) is 5.46. The summed E-state index contributed by atoms with van der Waals surface area (Å²) in [5, 5.41) is 6.10. The van der Waals surface area contributed by atoms with Gasteiger partial charge in [-0.2, -0.15) is 0 Å². The molecule has 0 aliphatic heterocycles. The molecule has 0 aliphatic rings. The molecule has 0 saturated carbocycles. The van der Waals surface area contributed by atoms with Gasteiger partial charge in [-0.05, 0) is 35.8 Å². The van der Waals surface area contributed by atoms with Gasteiger partial charge in [0.1, 0.15) is 0 Å². The molecule has 2 N–H and O–H groups in total. The van der Waals surface area contributed by atoms with E-state index in [1.165, 1.54) is 0 Å². The number of hydrogen-bond acceptors (Lipinski definition) is 2. The summed E-state index contributed by atoms with van der Waals surface area (Å²) in [7, 11) is 0. The number of carbonyl (C=O) groups is 1. The second-order valence-corrected chi connectivity index (χ2v) is 5.23. The van der Waals surface area contributed by atoms with Gasteiger partial charge in [0.2, 0.25) is 5.91 Å². The normalized spacial score (nSPS) is 9.95. The lowest BCUT2D eigenvalue weighted by Gasteiger charge is -2.10. The number of amides is 1. The average Bonchev–Trinajstić information content (AvgIpc) is 2.48. The summed E-state index contributed by atoms with van der Waals surface area (Å²) in [4.78, 5) is 11.9. The fourth-order valence-corrected chi connectivity index (χ4v) is 2.16. The second-order valence-electron chi connectivity index (χ2n) is 4.82. The van der Waals surface area contributed by atoms with Gasteiger partial charge in [0.15, 0.2) is 5.11 Å². The topological polar surface area (TPSA) is 41.1 Å². The Morgan fingerprint density at radius 3 is 2.43 bits per heavy atom. The van der Waals surface area contributed by atoms with Crippen molar-refractivity contribution in [3.05, 3.63) is 71.3 Å². The first-order chi connectivity index (χ1) is 10.1. The standard InChI is InChI=1S/C17H18N2OS/c1-13-7-5-6-10-15(13)11-16(20)19-17(21)18-12-14-8-3-2-4-9-14/h2-10H,11-12H2,1H3,(H2,18,19,20,21).